The molecule has 0 bridgehead atoms. The number of nitrogens with zero attached hydrogens (tertiary/aromatic N) is 5. The van der Waals surface area contributed by atoms with E-state index in [2.05, 4.69) is 26.2 Å². The van der Waals surface area contributed by atoms with Crippen LogP contribution >= 0.6 is 11.8 Å². The van der Waals surface area contributed by atoms with Gasteiger partial charge in [-0.05, 0) is 57.4 Å². The van der Waals surface area contributed by atoms with Gasteiger partial charge in [-0.3, -0.25) is 9.36 Å². The Kier molecular flexibility index (Phi) is 6.84. The number of benzene rings is 1. The van der Waals surface area contributed by atoms with Gasteiger partial charge in [-0.1, -0.05) is 37.1 Å². The van der Waals surface area contributed by atoms with E-state index in [1.54, 1.807) is 16.7 Å². The zero-order valence-electron chi connectivity index (χ0n) is 19.1. The fourth-order valence-corrected chi connectivity index (χ4v) is 5.36. The number of anilines is 1. The maximum atomic E-state index is 13.9. The molecule has 0 saturated heterocycles. The van der Waals surface area contributed by atoms with Gasteiger partial charge in [0.05, 0.1) is 17.0 Å². The number of carbonyl (C=O) groups is 1. The van der Waals surface area contributed by atoms with Crippen molar-refractivity contribution in [3.63, 3.8) is 0 Å². The predicted octanol–water partition coefficient (Wildman–Crippen LogP) is 5.24. The third-order valence-electron chi connectivity index (χ3n) is 6.26. The number of aryl methyl sites for hydroxylation is 1. The highest BCUT2D eigenvalue weighted by Crippen LogP contribution is 2.33. The Morgan fingerprint density at radius 2 is 2.00 bits per heavy atom. The lowest BCUT2D eigenvalue weighted by Gasteiger charge is -2.24. The molecule has 3 aromatic rings. The third kappa shape index (κ3) is 4.67. The topological polar surface area (TPSA) is 88.5 Å². The van der Waals surface area contributed by atoms with E-state index in [0.29, 0.717) is 23.1 Å². The van der Waals surface area contributed by atoms with Gasteiger partial charge in [0.15, 0.2) is 5.16 Å². The van der Waals surface area contributed by atoms with Gasteiger partial charge in [-0.15, -0.1) is 10.2 Å². The molecule has 1 N–H and O–H groups in total. The van der Waals surface area contributed by atoms with Crippen molar-refractivity contribution in [2.45, 2.75) is 64.1 Å². The molecule has 1 aromatic carbocycles. The van der Waals surface area contributed by atoms with E-state index in [-0.39, 0.29) is 17.5 Å². The normalized spacial score (nSPS) is 14.3. The van der Waals surface area contributed by atoms with Gasteiger partial charge in [-0.2, -0.15) is 5.26 Å². The molecule has 1 aliphatic carbocycles. The molecule has 0 spiro atoms. The first-order chi connectivity index (χ1) is 15.9. The van der Waals surface area contributed by atoms with Crippen LogP contribution in [0, 0.1) is 37.9 Å². The quantitative estimate of drug-likeness (QED) is 0.502. The van der Waals surface area contributed by atoms with Crippen LogP contribution < -0.4 is 5.32 Å². The Morgan fingerprint density at radius 3 is 2.70 bits per heavy atom. The highest BCUT2D eigenvalue weighted by atomic mass is 32.2. The molecular formula is C24H27FN6OS. The van der Waals surface area contributed by atoms with Crippen molar-refractivity contribution in [3.8, 4) is 11.8 Å². The molecule has 33 heavy (non-hydrogen) atoms. The molecule has 1 fully saturated rings. The average Bonchev–Trinajstić information content (AvgIpc) is 3.29. The fraction of sp³-hybridized carbons (Fsp3) is 0.417. The maximum Gasteiger partial charge on any atom is 0.236 e. The average molecular weight is 467 g/mol. The molecule has 9 heteroatoms. The van der Waals surface area contributed by atoms with Crippen molar-refractivity contribution in [1.82, 2.24) is 19.3 Å². The van der Waals surface area contributed by atoms with Crippen LogP contribution in [0.3, 0.4) is 0 Å². The second-order valence-corrected chi connectivity index (χ2v) is 9.33. The summed E-state index contributed by atoms with van der Waals surface area (Å²) in [6.07, 6.45) is 5.85. The molecule has 2 aromatic heterocycles. The molecule has 7 nitrogen and oxygen atoms in total. The van der Waals surface area contributed by atoms with Crippen LogP contribution in [0.15, 0.2) is 29.4 Å². The zero-order valence-corrected chi connectivity index (χ0v) is 19.9. The molecule has 0 atom stereocenters. The van der Waals surface area contributed by atoms with Gasteiger partial charge in [-0.25, -0.2) is 4.39 Å². The molecule has 0 aliphatic heterocycles. The van der Waals surface area contributed by atoms with Crippen molar-refractivity contribution in [3.05, 3.63) is 52.7 Å². The third-order valence-corrected chi connectivity index (χ3v) is 7.20. The number of hydrogen-bond acceptors (Lipinski definition) is 5. The first-order valence-corrected chi connectivity index (χ1v) is 12.1. The van der Waals surface area contributed by atoms with Crippen LogP contribution in [0.5, 0.6) is 0 Å². The minimum absolute atomic E-state index is 0.127. The Bertz CT molecular complexity index is 1220. The standard InChI is InChI=1S/C24H27FN6OS/c1-15-16(2)30(20-11-7-8-18(25)12-20)23(21(15)13-26)27-22(32)14-33-24-29-28-17(3)31(24)19-9-5-4-6-10-19/h7-8,11-12,19H,4-6,9-10,14H2,1-3H3,(H,27,32). The predicted molar refractivity (Wildman–Crippen MR) is 126 cm³/mol. The maximum absolute atomic E-state index is 13.9. The van der Waals surface area contributed by atoms with E-state index in [9.17, 15) is 14.4 Å². The van der Waals surface area contributed by atoms with Crippen LogP contribution in [0.2, 0.25) is 0 Å². The van der Waals surface area contributed by atoms with E-state index in [1.807, 2.05) is 20.8 Å². The minimum Gasteiger partial charge on any atom is -0.310 e. The van der Waals surface area contributed by atoms with Gasteiger partial charge in [0.2, 0.25) is 5.91 Å². The van der Waals surface area contributed by atoms with E-state index < -0.39 is 0 Å². The van der Waals surface area contributed by atoms with E-state index >= 15 is 0 Å². The second-order valence-electron chi connectivity index (χ2n) is 8.39. The summed E-state index contributed by atoms with van der Waals surface area (Å²) >= 11 is 1.34. The molecule has 0 radical (unpaired) electrons. The SMILES string of the molecule is Cc1c(C#N)c(NC(=O)CSc2nnc(C)n2C2CCCCC2)n(-c2cccc(F)c2)c1C. The highest BCUT2D eigenvalue weighted by molar-refractivity contribution is 7.99. The number of aromatic nitrogens is 4. The Labute approximate surface area is 197 Å². The summed E-state index contributed by atoms with van der Waals surface area (Å²) in [7, 11) is 0. The first kappa shape index (κ1) is 23.1. The van der Waals surface area contributed by atoms with Crippen molar-refractivity contribution < 1.29 is 9.18 Å². The molecule has 1 saturated carbocycles. The van der Waals surface area contributed by atoms with Crippen LogP contribution in [0.25, 0.3) is 5.69 Å². The van der Waals surface area contributed by atoms with Crippen molar-refractivity contribution in [2.24, 2.45) is 0 Å². The minimum atomic E-state index is -0.387. The summed E-state index contributed by atoms with van der Waals surface area (Å²) in [5.41, 5.74) is 2.44. The van der Waals surface area contributed by atoms with Crippen molar-refractivity contribution >= 4 is 23.5 Å². The second kappa shape index (κ2) is 9.79. The lowest BCUT2D eigenvalue weighted by molar-refractivity contribution is -0.113. The highest BCUT2D eigenvalue weighted by Gasteiger charge is 2.24. The monoisotopic (exact) mass is 466 g/mol. The lowest BCUT2D eigenvalue weighted by atomic mass is 9.95. The number of nitriles is 1. The van der Waals surface area contributed by atoms with Gasteiger partial charge in [0, 0.05) is 11.7 Å². The number of halogens is 1. The largest absolute Gasteiger partial charge is 0.310 e. The van der Waals surface area contributed by atoms with Crippen molar-refractivity contribution in [2.75, 3.05) is 11.1 Å². The van der Waals surface area contributed by atoms with E-state index in [1.165, 1.54) is 43.2 Å². The Balaban J connectivity index is 1.56. The molecule has 0 unspecified atom stereocenters. The lowest BCUT2D eigenvalue weighted by Crippen LogP contribution is -2.19. The van der Waals surface area contributed by atoms with Gasteiger partial charge < -0.3 is 9.88 Å². The molecule has 1 aliphatic rings. The van der Waals surface area contributed by atoms with Gasteiger partial charge in [0.1, 0.15) is 23.5 Å². The van der Waals surface area contributed by atoms with Gasteiger partial charge in [0.25, 0.3) is 0 Å². The zero-order chi connectivity index (χ0) is 23.5. The number of hydrogen-bond donors (Lipinski definition) is 1. The molecule has 172 valence electrons. The molecule has 4 rings (SSSR count). The van der Waals surface area contributed by atoms with Crippen LogP contribution in [-0.4, -0.2) is 31.0 Å². The summed E-state index contributed by atoms with van der Waals surface area (Å²) < 4.78 is 17.8. The fourth-order valence-electron chi connectivity index (χ4n) is 4.51. The molecule has 2 heterocycles. The molecular weight excluding hydrogens is 439 g/mol. The van der Waals surface area contributed by atoms with Crippen LogP contribution in [-0.2, 0) is 4.79 Å². The van der Waals surface area contributed by atoms with Crippen molar-refractivity contribution in [1.29, 1.82) is 5.26 Å². The number of carbonyl (C=O) groups excluding carboxylic acids is 1. The van der Waals surface area contributed by atoms with E-state index in [0.717, 1.165) is 35.1 Å². The van der Waals surface area contributed by atoms with E-state index in [4.69, 9.17) is 0 Å². The van der Waals surface area contributed by atoms with Crippen LogP contribution in [0.1, 0.15) is 60.8 Å². The summed E-state index contributed by atoms with van der Waals surface area (Å²) in [6.45, 7) is 5.62. The first-order valence-electron chi connectivity index (χ1n) is 11.1. The summed E-state index contributed by atoms with van der Waals surface area (Å²) in [5.74, 6) is 0.697. The summed E-state index contributed by atoms with van der Waals surface area (Å²) in [4.78, 5) is 12.9. The Morgan fingerprint density at radius 1 is 1.24 bits per heavy atom. The smallest absolute Gasteiger partial charge is 0.236 e. The molecule has 1 amide bonds. The van der Waals surface area contributed by atoms with Crippen LogP contribution in [0.4, 0.5) is 10.2 Å². The number of rotatable bonds is 6. The number of thioether (sulfide) groups is 1. The summed E-state index contributed by atoms with van der Waals surface area (Å²) in [6, 6.07) is 8.65. The van der Waals surface area contributed by atoms with Gasteiger partial charge >= 0.3 is 0 Å². The number of nitrogens with one attached hydrogen (secondary N) is 1. The Hall–Kier alpha value is -3.12. The number of amides is 1. The summed E-state index contributed by atoms with van der Waals surface area (Å²) in [5, 5.41) is 21.9.